The number of rotatable bonds is 8. The van der Waals surface area contributed by atoms with Crippen molar-refractivity contribution in [3.8, 4) is 11.8 Å². The topological polar surface area (TPSA) is 82.4 Å². The summed E-state index contributed by atoms with van der Waals surface area (Å²) in [6.07, 6.45) is 0.434. The van der Waals surface area contributed by atoms with Crippen molar-refractivity contribution in [2.24, 2.45) is 0 Å². The minimum atomic E-state index is -0.323. The fourth-order valence-electron chi connectivity index (χ4n) is 2.14. The second-order valence-electron chi connectivity index (χ2n) is 5.78. The summed E-state index contributed by atoms with van der Waals surface area (Å²) in [6, 6.07) is 16.3. The van der Waals surface area contributed by atoms with Crippen LogP contribution in [0.25, 0.3) is 0 Å². The zero-order valence-electron chi connectivity index (χ0n) is 15.3. The number of anilines is 1. The van der Waals surface area contributed by atoms with E-state index in [1.165, 1.54) is 16.7 Å². The van der Waals surface area contributed by atoms with Crippen molar-refractivity contribution in [1.29, 1.82) is 5.26 Å². The average molecular weight is 383 g/mol. The van der Waals surface area contributed by atoms with Crippen LogP contribution in [0.5, 0.6) is 5.75 Å². The number of carbonyl (C=O) groups excluding carboxylic acids is 2. The molecule has 0 radical (unpaired) electrons. The van der Waals surface area contributed by atoms with Crippen molar-refractivity contribution in [1.82, 2.24) is 4.90 Å². The fraction of sp³-hybridized carbons (Fsp3) is 0.250. The Kier molecular flexibility index (Phi) is 7.71. The predicted molar refractivity (Wildman–Crippen MR) is 106 cm³/mol. The first kappa shape index (κ1) is 20.3. The third-order valence-electron chi connectivity index (χ3n) is 3.59. The van der Waals surface area contributed by atoms with Gasteiger partial charge >= 0.3 is 0 Å². The van der Waals surface area contributed by atoms with Crippen LogP contribution in [0.4, 0.5) is 5.69 Å². The zero-order valence-corrected chi connectivity index (χ0v) is 16.1. The third kappa shape index (κ3) is 6.04. The maximum absolute atomic E-state index is 12.7. The molecule has 0 unspecified atom stereocenters. The number of nitrogens with one attached hydrogen (secondary N) is 1. The van der Waals surface area contributed by atoms with Crippen LogP contribution in [0.3, 0.4) is 0 Å². The minimum Gasteiger partial charge on any atom is -0.483 e. The third-order valence-corrected chi connectivity index (χ3v) is 4.66. The molecule has 0 aliphatic heterocycles. The van der Waals surface area contributed by atoms with Crippen molar-refractivity contribution in [3.05, 3.63) is 54.1 Å². The number of thioether (sulfide) groups is 1. The van der Waals surface area contributed by atoms with E-state index >= 15 is 0 Å². The number of nitrogens with zero attached hydrogens (tertiary/aromatic N) is 2. The van der Waals surface area contributed by atoms with Crippen molar-refractivity contribution in [2.45, 2.75) is 11.3 Å². The van der Waals surface area contributed by atoms with Crippen LogP contribution in [0.2, 0.25) is 0 Å². The van der Waals surface area contributed by atoms with Crippen molar-refractivity contribution in [2.75, 3.05) is 31.8 Å². The first-order valence-corrected chi connectivity index (χ1v) is 9.33. The van der Waals surface area contributed by atoms with Crippen molar-refractivity contribution < 1.29 is 14.3 Å². The number of benzene rings is 2. The van der Waals surface area contributed by atoms with E-state index in [4.69, 9.17) is 10.00 Å². The molecule has 0 saturated carbocycles. The molecule has 0 saturated heterocycles. The minimum absolute atomic E-state index is 0.141. The summed E-state index contributed by atoms with van der Waals surface area (Å²) in [7, 11) is 3.29. The molecule has 0 atom stereocenters. The molecule has 0 aliphatic rings. The smallest absolute Gasteiger partial charge is 0.259 e. The molecule has 6 nitrogen and oxygen atoms in total. The predicted octanol–water partition coefficient (Wildman–Crippen LogP) is 3.41. The Labute approximate surface area is 163 Å². The molecule has 2 aromatic carbocycles. The lowest BCUT2D eigenvalue weighted by Crippen LogP contribution is -2.28. The summed E-state index contributed by atoms with van der Waals surface area (Å²) >= 11 is 1.51. The Hall–Kier alpha value is -2.98. The highest BCUT2D eigenvalue weighted by Gasteiger charge is 2.15. The number of carbonyl (C=O) groups is 2. The lowest BCUT2D eigenvalue weighted by atomic mass is 10.2. The SMILES string of the molecule is CN(C)C(=O)COc1ccccc1C(=O)Nc1ccccc1SCCC#N. The van der Waals surface area contributed by atoms with E-state index in [0.717, 1.165) is 4.90 Å². The van der Waals surface area contributed by atoms with Gasteiger partial charge in [-0.2, -0.15) is 5.26 Å². The lowest BCUT2D eigenvalue weighted by molar-refractivity contribution is -0.130. The van der Waals surface area contributed by atoms with Gasteiger partial charge in [-0.1, -0.05) is 24.3 Å². The van der Waals surface area contributed by atoms with Crippen LogP contribution in [-0.2, 0) is 4.79 Å². The highest BCUT2D eigenvalue weighted by molar-refractivity contribution is 7.99. The Morgan fingerprint density at radius 3 is 2.59 bits per heavy atom. The van der Waals surface area contributed by atoms with Crippen LogP contribution < -0.4 is 10.1 Å². The molecule has 1 N–H and O–H groups in total. The molecular weight excluding hydrogens is 362 g/mol. The molecule has 140 valence electrons. The van der Waals surface area contributed by atoms with Gasteiger partial charge in [0, 0.05) is 31.2 Å². The molecule has 2 aromatic rings. The first-order chi connectivity index (χ1) is 13.0. The van der Waals surface area contributed by atoms with Crippen molar-refractivity contribution >= 4 is 29.3 Å². The molecule has 2 rings (SSSR count). The molecule has 7 heteroatoms. The van der Waals surface area contributed by atoms with Gasteiger partial charge < -0.3 is 15.0 Å². The van der Waals surface area contributed by atoms with Crippen molar-refractivity contribution in [3.63, 3.8) is 0 Å². The number of nitriles is 1. The normalized spacial score (nSPS) is 9.96. The summed E-state index contributed by atoms with van der Waals surface area (Å²) < 4.78 is 5.54. The van der Waals surface area contributed by atoms with Crippen LogP contribution in [-0.4, -0.2) is 43.2 Å². The molecule has 0 aromatic heterocycles. The molecule has 0 spiro atoms. The van der Waals surface area contributed by atoms with E-state index in [2.05, 4.69) is 11.4 Å². The van der Waals surface area contributed by atoms with E-state index in [1.807, 2.05) is 24.3 Å². The van der Waals surface area contributed by atoms with Gasteiger partial charge in [-0.05, 0) is 24.3 Å². The number of likely N-dealkylation sites (N-methyl/N-ethyl adjacent to an activating group) is 1. The van der Waals surface area contributed by atoms with E-state index in [-0.39, 0.29) is 18.4 Å². The van der Waals surface area contributed by atoms with Gasteiger partial charge in [0.25, 0.3) is 11.8 Å². The summed E-state index contributed by atoms with van der Waals surface area (Å²) in [5.41, 5.74) is 1.02. The fourth-order valence-corrected chi connectivity index (χ4v) is 3.00. The molecule has 0 fully saturated rings. The highest BCUT2D eigenvalue weighted by Crippen LogP contribution is 2.28. The van der Waals surface area contributed by atoms with Gasteiger partial charge in [0.05, 0.1) is 17.3 Å². The molecular formula is C20H21N3O3S. The standard InChI is InChI=1S/C20H21N3O3S/c1-23(2)19(24)14-26-17-10-5-3-8-15(17)20(25)22-16-9-4-6-11-18(16)27-13-7-12-21/h3-6,8-11H,7,13-14H2,1-2H3,(H,22,25). The molecule has 0 aliphatic carbocycles. The second-order valence-corrected chi connectivity index (χ2v) is 6.92. The van der Waals surface area contributed by atoms with Crippen LogP contribution in [0.15, 0.2) is 53.4 Å². The number of ether oxygens (including phenoxy) is 1. The zero-order chi connectivity index (χ0) is 19.6. The van der Waals surface area contributed by atoms with E-state index in [0.29, 0.717) is 29.2 Å². The van der Waals surface area contributed by atoms with Gasteiger partial charge in [0.1, 0.15) is 5.75 Å². The highest BCUT2D eigenvalue weighted by atomic mass is 32.2. The lowest BCUT2D eigenvalue weighted by Gasteiger charge is -2.15. The van der Waals surface area contributed by atoms with Crippen LogP contribution in [0.1, 0.15) is 16.8 Å². The average Bonchev–Trinajstić information content (AvgIpc) is 2.67. The van der Waals surface area contributed by atoms with Gasteiger partial charge in [-0.15, -0.1) is 11.8 Å². The molecule has 27 heavy (non-hydrogen) atoms. The number of amides is 2. The number of hydrogen-bond donors (Lipinski definition) is 1. The summed E-state index contributed by atoms with van der Waals surface area (Å²) in [5, 5.41) is 11.6. The van der Waals surface area contributed by atoms with E-state index in [1.54, 1.807) is 38.4 Å². The summed E-state index contributed by atoms with van der Waals surface area (Å²) in [6.45, 7) is -0.141. The Balaban J connectivity index is 2.13. The maximum Gasteiger partial charge on any atom is 0.259 e. The van der Waals surface area contributed by atoms with E-state index < -0.39 is 0 Å². The summed E-state index contributed by atoms with van der Waals surface area (Å²) in [5.74, 6) is 0.482. The van der Waals surface area contributed by atoms with E-state index in [9.17, 15) is 9.59 Å². The van der Waals surface area contributed by atoms with Crippen LogP contribution in [0, 0.1) is 11.3 Å². The number of para-hydroxylation sites is 2. The van der Waals surface area contributed by atoms with Gasteiger partial charge in [0.15, 0.2) is 6.61 Å². The molecule has 0 bridgehead atoms. The molecule has 0 heterocycles. The van der Waals surface area contributed by atoms with Crippen LogP contribution >= 0.6 is 11.8 Å². The molecule has 2 amide bonds. The maximum atomic E-state index is 12.7. The summed E-state index contributed by atoms with van der Waals surface area (Å²) in [4.78, 5) is 26.8. The quantitative estimate of drug-likeness (QED) is 0.558. The van der Waals surface area contributed by atoms with Gasteiger partial charge in [-0.3, -0.25) is 9.59 Å². The van der Waals surface area contributed by atoms with Gasteiger partial charge in [0.2, 0.25) is 0 Å². The Morgan fingerprint density at radius 2 is 1.85 bits per heavy atom. The van der Waals surface area contributed by atoms with Gasteiger partial charge in [-0.25, -0.2) is 0 Å². The number of hydrogen-bond acceptors (Lipinski definition) is 5. The monoisotopic (exact) mass is 383 g/mol. The first-order valence-electron chi connectivity index (χ1n) is 8.35. The second kappa shape index (κ2) is 10.2. The Bertz CT molecular complexity index is 846. The Morgan fingerprint density at radius 1 is 1.15 bits per heavy atom. The largest absolute Gasteiger partial charge is 0.483 e.